The zero-order chi connectivity index (χ0) is 17.3. The van der Waals surface area contributed by atoms with Crippen LogP contribution in [0.25, 0.3) is 16.9 Å². The largest absolute Gasteiger partial charge is 0.476 e. The van der Waals surface area contributed by atoms with Crippen LogP contribution in [0.5, 0.6) is 0 Å². The van der Waals surface area contributed by atoms with Crippen molar-refractivity contribution in [3.63, 3.8) is 0 Å². The van der Waals surface area contributed by atoms with E-state index in [2.05, 4.69) is 30.9 Å². The van der Waals surface area contributed by atoms with Gasteiger partial charge in [0.15, 0.2) is 5.69 Å². The van der Waals surface area contributed by atoms with E-state index in [1.54, 1.807) is 23.1 Å². The van der Waals surface area contributed by atoms with Crippen LogP contribution < -0.4 is 0 Å². The van der Waals surface area contributed by atoms with Gasteiger partial charge in [-0.2, -0.15) is 5.10 Å². The summed E-state index contributed by atoms with van der Waals surface area (Å²) < 4.78 is 1.65. The number of nitrogens with zero attached hydrogens (tertiary/aromatic N) is 3. The van der Waals surface area contributed by atoms with Gasteiger partial charge >= 0.3 is 5.97 Å². The van der Waals surface area contributed by atoms with E-state index in [1.807, 2.05) is 36.4 Å². The van der Waals surface area contributed by atoms with E-state index in [0.717, 1.165) is 11.3 Å². The van der Waals surface area contributed by atoms with Crippen molar-refractivity contribution in [1.82, 2.24) is 14.8 Å². The lowest BCUT2D eigenvalue weighted by molar-refractivity contribution is 0.0690. The van der Waals surface area contributed by atoms with Gasteiger partial charge in [-0.15, -0.1) is 0 Å². The molecular formula is C19H19N3O2. The maximum atomic E-state index is 11.3. The van der Waals surface area contributed by atoms with E-state index in [-0.39, 0.29) is 11.1 Å². The molecule has 0 amide bonds. The summed E-state index contributed by atoms with van der Waals surface area (Å²) in [5.41, 5.74) is 3.60. The van der Waals surface area contributed by atoms with Gasteiger partial charge in [0.2, 0.25) is 0 Å². The van der Waals surface area contributed by atoms with E-state index in [4.69, 9.17) is 0 Å². The molecule has 2 aromatic heterocycles. The van der Waals surface area contributed by atoms with Crippen molar-refractivity contribution >= 4 is 5.97 Å². The highest BCUT2D eigenvalue weighted by Crippen LogP contribution is 2.26. The number of aromatic nitrogens is 3. The van der Waals surface area contributed by atoms with E-state index in [9.17, 15) is 9.90 Å². The van der Waals surface area contributed by atoms with Gasteiger partial charge in [-0.05, 0) is 41.3 Å². The first kappa shape index (κ1) is 15.9. The molecule has 1 N–H and O–H groups in total. The first-order valence-corrected chi connectivity index (χ1v) is 7.71. The smallest absolute Gasteiger partial charge is 0.356 e. The van der Waals surface area contributed by atoms with Crippen molar-refractivity contribution in [2.75, 3.05) is 0 Å². The zero-order valence-electron chi connectivity index (χ0n) is 13.9. The Labute approximate surface area is 140 Å². The van der Waals surface area contributed by atoms with Crippen molar-refractivity contribution in [2.24, 2.45) is 0 Å². The number of aromatic carboxylic acids is 1. The van der Waals surface area contributed by atoms with E-state index in [1.165, 1.54) is 5.56 Å². The maximum Gasteiger partial charge on any atom is 0.356 e. The Bertz CT molecular complexity index is 860. The highest BCUT2D eigenvalue weighted by atomic mass is 16.4. The van der Waals surface area contributed by atoms with Gasteiger partial charge in [0.25, 0.3) is 0 Å². The Morgan fingerprint density at radius 3 is 2.38 bits per heavy atom. The first-order valence-electron chi connectivity index (χ1n) is 7.71. The summed E-state index contributed by atoms with van der Waals surface area (Å²) >= 11 is 0. The van der Waals surface area contributed by atoms with E-state index < -0.39 is 5.97 Å². The van der Waals surface area contributed by atoms with Crippen LogP contribution in [-0.2, 0) is 5.41 Å². The first-order chi connectivity index (χ1) is 11.4. The van der Waals surface area contributed by atoms with Crippen LogP contribution in [-0.4, -0.2) is 25.8 Å². The molecule has 0 spiro atoms. The third-order valence-electron chi connectivity index (χ3n) is 3.86. The second-order valence-electron chi connectivity index (χ2n) is 6.67. The van der Waals surface area contributed by atoms with Crippen LogP contribution in [0.4, 0.5) is 0 Å². The fourth-order valence-electron chi connectivity index (χ4n) is 2.50. The van der Waals surface area contributed by atoms with Gasteiger partial charge in [-0.25, -0.2) is 9.48 Å². The molecule has 0 aliphatic carbocycles. The summed E-state index contributed by atoms with van der Waals surface area (Å²) in [6.07, 6.45) is 3.38. The van der Waals surface area contributed by atoms with Gasteiger partial charge < -0.3 is 5.11 Å². The predicted molar refractivity (Wildman–Crippen MR) is 92.5 cm³/mol. The quantitative estimate of drug-likeness (QED) is 0.793. The number of rotatable bonds is 3. The molecule has 1 aromatic carbocycles. The third-order valence-corrected chi connectivity index (χ3v) is 3.86. The second kappa shape index (κ2) is 5.92. The Morgan fingerprint density at radius 1 is 1.12 bits per heavy atom. The Balaban J connectivity index is 2.11. The second-order valence-corrected chi connectivity index (χ2v) is 6.67. The molecule has 0 bridgehead atoms. The molecule has 0 aliphatic rings. The highest BCUT2D eigenvalue weighted by Gasteiger charge is 2.17. The minimum Gasteiger partial charge on any atom is -0.476 e. The number of hydrogen-bond donors (Lipinski definition) is 1. The standard InChI is InChI=1S/C19H19N3O2/c1-19(2,3)14-6-8-15(9-7-14)22-17(11-16(21-22)18(23)24)13-5-4-10-20-12-13/h4-12H,1-3H3,(H,23,24). The molecule has 0 aliphatic heterocycles. The minimum atomic E-state index is -1.05. The molecule has 0 radical (unpaired) electrons. The topological polar surface area (TPSA) is 68.0 Å². The lowest BCUT2D eigenvalue weighted by Crippen LogP contribution is -2.11. The van der Waals surface area contributed by atoms with Crippen LogP contribution in [0.15, 0.2) is 54.9 Å². The maximum absolute atomic E-state index is 11.3. The molecule has 3 rings (SSSR count). The van der Waals surface area contributed by atoms with Crippen LogP contribution >= 0.6 is 0 Å². The fourth-order valence-corrected chi connectivity index (χ4v) is 2.50. The molecule has 0 atom stereocenters. The SMILES string of the molecule is CC(C)(C)c1ccc(-n2nc(C(=O)O)cc2-c2cccnc2)cc1. The minimum absolute atomic E-state index is 0.00810. The average Bonchev–Trinajstić information content (AvgIpc) is 3.00. The molecule has 24 heavy (non-hydrogen) atoms. The van der Waals surface area contributed by atoms with Gasteiger partial charge in [0.05, 0.1) is 11.4 Å². The summed E-state index contributed by atoms with van der Waals surface area (Å²) in [6.45, 7) is 6.46. The highest BCUT2D eigenvalue weighted by molar-refractivity contribution is 5.87. The predicted octanol–water partition coefficient (Wildman–Crippen LogP) is 3.93. The zero-order valence-corrected chi connectivity index (χ0v) is 13.9. The normalized spacial score (nSPS) is 11.5. The van der Waals surface area contributed by atoms with Crippen molar-refractivity contribution < 1.29 is 9.90 Å². The summed E-state index contributed by atoms with van der Waals surface area (Å²) in [6, 6.07) is 13.3. The molecule has 122 valence electrons. The summed E-state index contributed by atoms with van der Waals surface area (Å²) in [7, 11) is 0. The molecule has 0 fully saturated rings. The molecule has 0 saturated carbocycles. The molecule has 0 unspecified atom stereocenters. The van der Waals surface area contributed by atoms with Crippen molar-refractivity contribution in [3.05, 3.63) is 66.1 Å². The number of carboxylic acid groups (broad SMARTS) is 1. The Morgan fingerprint density at radius 2 is 1.83 bits per heavy atom. The van der Waals surface area contributed by atoms with E-state index in [0.29, 0.717) is 5.69 Å². The Hall–Kier alpha value is -2.95. The van der Waals surface area contributed by atoms with Crippen LogP contribution in [0, 0.1) is 0 Å². The lowest BCUT2D eigenvalue weighted by atomic mass is 9.87. The molecule has 0 saturated heterocycles. The van der Waals surface area contributed by atoms with Gasteiger partial charge in [-0.3, -0.25) is 4.98 Å². The number of hydrogen-bond acceptors (Lipinski definition) is 3. The number of carboxylic acids is 1. The van der Waals surface area contributed by atoms with Crippen molar-refractivity contribution in [3.8, 4) is 16.9 Å². The van der Waals surface area contributed by atoms with Gasteiger partial charge in [0.1, 0.15) is 0 Å². The third kappa shape index (κ3) is 3.06. The molecule has 5 nitrogen and oxygen atoms in total. The number of pyridine rings is 1. The van der Waals surface area contributed by atoms with E-state index >= 15 is 0 Å². The Kier molecular flexibility index (Phi) is 3.93. The fraction of sp³-hybridized carbons (Fsp3) is 0.211. The summed E-state index contributed by atoms with van der Waals surface area (Å²) in [4.78, 5) is 15.4. The molecule has 2 heterocycles. The van der Waals surface area contributed by atoms with Gasteiger partial charge in [-0.1, -0.05) is 32.9 Å². The average molecular weight is 321 g/mol. The molecule has 3 aromatic rings. The van der Waals surface area contributed by atoms with Gasteiger partial charge in [0, 0.05) is 18.0 Å². The monoisotopic (exact) mass is 321 g/mol. The number of benzene rings is 1. The summed E-state index contributed by atoms with van der Waals surface area (Å²) in [5.74, 6) is -1.05. The summed E-state index contributed by atoms with van der Waals surface area (Å²) in [5, 5.41) is 13.5. The van der Waals surface area contributed by atoms with Crippen molar-refractivity contribution in [1.29, 1.82) is 0 Å². The van der Waals surface area contributed by atoms with Crippen LogP contribution in [0.1, 0.15) is 36.8 Å². The lowest BCUT2D eigenvalue weighted by Gasteiger charge is -2.19. The van der Waals surface area contributed by atoms with Crippen LogP contribution in [0.3, 0.4) is 0 Å². The molecule has 5 heteroatoms. The number of carbonyl (C=O) groups is 1. The molecular weight excluding hydrogens is 302 g/mol. The van der Waals surface area contributed by atoms with Crippen molar-refractivity contribution in [2.45, 2.75) is 26.2 Å². The van der Waals surface area contributed by atoms with Crippen LogP contribution in [0.2, 0.25) is 0 Å².